The van der Waals surface area contributed by atoms with Gasteiger partial charge in [-0.25, -0.2) is 0 Å². The van der Waals surface area contributed by atoms with Gasteiger partial charge in [-0.2, -0.15) is 0 Å². The minimum atomic E-state index is -0.785. The van der Waals surface area contributed by atoms with Crippen molar-refractivity contribution < 1.29 is 28.6 Å². The van der Waals surface area contributed by atoms with Crippen LogP contribution in [0.4, 0.5) is 0 Å². The average molecular weight is 1020 g/mol. The van der Waals surface area contributed by atoms with Gasteiger partial charge in [0.25, 0.3) is 0 Å². The summed E-state index contributed by atoms with van der Waals surface area (Å²) in [6.07, 6.45) is 78.0. The van der Waals surface area contributed by atoms with E-state index in [1.165, 1.54) is 186 Å². The van der Waals surface area contributed by atoms with Crippen molar-refractivity contribution in [2.24, 2.45) is 0 Å². The Labute approximate surface area is 453 Å². The summed E-state index contributed by atoms with van der Waals surface area (Å²) in [7, 11) is 0. The molecule has 0 rings (SSSR count). The van der Waals surface area contributed by atoms with Crippen LogP contribution in [0.2, 0.25) is 0 Å². The van der Waals surface area contributed by atoms with E-state index in [0.717, 1.165) is 103 Å². The van der Waals surface area contributed by atoms with E-state index in [0.29, 0.717) is 19.3 Å². The van der Waals surface area contributed by atoms with E-state index in [1.54, 1.807) is 0 Å². The Balaban J connectivity index is 4.29. The van der Waals surface area contributed by atoms with Crippen molar-refractivity contribution in [3.05, 3.63) is 60.8 Å². The normalized spacial score (nSPS) is 12.4. The van der Waals surface area contributed by atoms with Crippen LogP contribution < -0.4 is 0 Å². The predicted molar refractivity (Wildman–Crippen MR) is 316 cm³/mol. The molecule has 0 N–H and O–H groups in total. The van der Waals surface area contributed by atoms with Crippen LogP contribution in [0.3, 0.4) is 0 Å². The van der Waals surface area contributed by atoms with Crippen LogP contribution in [0.5, 0.6) is 0 Å². The Hall–Kier alpha value is -2.89. The van der Waals surface area contributed by atoms with Crippen LogP contribution in [0, 0.1) is 0 Å². The molecule has 0 heterocycles. The highest BCUT2D eigenvalue weighted by Crippen LogP contribution is 2.17. The molecule has 0 aliphatic heterocycles. The Morgan fingerprint density at radius 3 is 0.877 bits per heavy atom. The molecule has 424 valence electrons. The monoisotopic (exact) mass is 1020 g/mol. The van der Waals surface area contributed by atoms with Crippen LogP contribution in [0.1, 0.15) is 329 Å². The third kappa shape index (κ3) is 59.9. The lowest BCUT2D eigenvalue weighted by atomic mass is 10.0. The fourth-order valence-corrected chi connectivity index (χ4v) is 9.24. The largest absolute Gasteiger partial charge is 0.462 e. The summed E-state index contributed by atoms with van der Waals surface area (Å²) in [6.45, 7) is 6.52. The summed E-state index contributed by atoms with van der Waals surface area (Å²) in [5.74, 6) is -0.888. The highest BCUT2D eigenvalue weighted by atomic mass is 16.6. The molecule has 0 radical (unpaired) electrons. The number of hydrogen-bond donors (Lipinski definition) is 0. The molecular weight excluding hydrogens is 901 g/mol. The van der Waals surface area contributed by atoms with Crippen LogP contribution in [0.15, 0.2) is 60.8 Å². The van der Waals surface area contributed by atoms with Crippen molar-refractivity contribution in [2.45, 2.75) is 335 Å². The fourth-order valence-electron chi connectivity index (χ4n) is 9.24. The number of allylic oxidation sites excluding steroid dienone is 10. The Kier molecular flexibility index (Phi) is 59.2. The number of carbonyl (C=O) groups is 3. The summed E-state index contributed by atoms with van der Waals surface area (Å²) in [6, 6.07) is 0. The molecule has 0 fully saturated rings. The first-order valence-corrected chi connectivity index (χ1v) is 31.8. The van der Waals surface area contributed by atoms with E-state index in [1.807, 2.05) is 0 Å². The van der Waals surface area contributed by atoms with Crippen molar-refractivity contribution in [1.29, 1.82) is 0 Å². The van der Waals surface area contributed by atoms with E-state index in [4.69, 9.17) is 14.2 Å². The van der Waals surface area contributed by atoms with E-state index in [-0.39, 0.29) is 31.1 Å². The second-order valence-corrected chi connectivity index (χ2v) is 21.3. The number of rotatable bonds is 58. The summed E-state index contributed by atoms with van der Waals surface area (Å²) >= 11 is 0. The van der Waals surface area contributed by atoms with Gasteiger partial charge >= 0.3 is 17.9 Å². The molecular formula is C67H120O6. The maximum Gasteiger partial charge on any atom is 0.306 e. The van der Waals surface area contributed by atoms with Gasteiger partial charge in [0.05, 0.1) is 0 Å². The molecule has 6 nitrogen and oxygen atoms in total. The molecule has 0 aromatic heterocycles. The van der Waals surface area contributed by atoms with Gasteiger partial charge in [-0.15, -0.1) is 0 Å². The number of carbonyl (C=O) groups excluding carboxylic acids is 3. The Morgan fingerprint density at radius 1 is 0.288 bits per heavy atom. The van der Waals surface area contributed by atoms with Crippen molar-refractivity contribution >= 4 is 17.9 Å². The van der Waals surface area contributed by atoms with Gasteiger partial charge in [0, 0.05) is 19.3 Å². The van der Waals surface area contributed by atoms with Crippen LogP contribution in [0.25, 0.3) is 0 Å². The van der Waals surface area contributed by atoms with Crippen molar-refractivity contribution in [3.63, 3.8) is 0 Å². The molecule has 0 aliphatic carbocycles. The molecule has 0 bridgehead atoms. The van der Waals surface area contributed by atoms with Crippen molar-refractivity contribution in [3.8, 4) is 0 Å². The number of unbranched alkanes of at least 4 members (excludes halogenated alkanes) is 37. The third-order valence-corrected chi connectivity index (χ3v) is 14.0. The molecule has 0 aromatic carbocycles. The first kappa shape index (κ1) is 70.1. The quantitative estimate of drug-likeness (QED) is 0.0261. The van der Waals surface area contributed by atoms with Crippen molar-refractivity contribution in [2.75, 3.05) is 13.2 Å². The molecule has 6 heteroatoms. The summed E-state index contributed by atoms with van der Waals surface area (Å²) in [5.41, 5.74) is 0. The van der Waals surface area contributed by atoms with Gasteiger partial charge in [0.15, 0.2) is 6.10 Å². The van der Waals surface area contributed by atoms with E-state index in [2.05, 4.69) is 81.5 Å². The lowest BCUT2D eigenvalue weighted by Gasteiger charge is -2.18. The minimum Gasteiger partial charge on any atom is -0.462 e. The summed E-state index contributed by atoms with van der Waals surface area (Å²) in [5, 5.41) is 0. The van der Waals surface area contributed by atoms with Gasteiger partial charge in [0.1, 0.15) is 13.2 Å². The number of hydrogen-bond acceptors (Lipinski definition) is 6. The lowest BCUT2D eigenvalue weighted by Crippen LogP contribution is -2.30. The first-order chi connectivity index (χ1) is 36.0. The first-order valence-electron chi connectivity index (χ1n) is 31.8. The maximum absolute atomic E-state index is 12.9. The third-order valence-electron chi connectivity index (χ3n) is 14.0. The Morgan fingerprint density at radius 2 is 0.548 bits per heavy atom. The van der Waals surface area contributed by atoms with Crippen LogP contribution in [-0.2, 0) is 28.6 Å². The SMILES string of the molecule is CC/C=C\C/C=C\C/C=C\CCCCCCCCCC(=O)OC(COC(=O)CCCCCCC/C=C\C/C=C\CCCC)COC(=O)CCCCCCCCCCCCCCCCCCCCCCCCCC. The van der Waals surface area contributed by atoms with Gasteiger partial charge in [-0.3, -0.25) is 14.4 Å². The minimum absolute atomic E-state index is 0.0800. The molecule has 0 saturated heterocycles. The zero-order chi connectivity index (χ0) is 52.9. The van der Waals surface area contributed by atoms with E-state index >= 15 is 0 Å². The molecule has 0 aromatic rings. The summed E-state index contributed by atoms with van der Waals surface area (Å²) < 4.78 is 16.9. The van der Waals surface area contributed by atoms with Gasteiger partial charge in [-0.1, -0.05) is 293 Å². The zero-order valence-electron chi connectivity index (χ0n) is 48.7. The smallest absolute Gasteiger partial charge is 0.306 e. The molecule has 0 aliphatic rings. The highest BCUT2D eigenvalue weighted by molar-refractivity contribution is 5.71. The van der Waals surface area contributed by atoms with Crippen LogP contribution in [-0.4, -0.2) is 37.2 Å². The second kappa shape index (κ2) is 61.7. The van der Waals surface area contributed by atoms with E-state index < -0.39 is 6.10 Å². The van der Waals surface area contributed by atoms with Gasteiger partial charge < -0.3 is 14.2 Å². The zero-order valence-corrected chi connectivity index (χ0v) is 48.7. The maximum atomic E-state index is 12.9. The van der Waals surface area contributed by atoms with Crippen LogP contribution >= 0.6 is 0 Å². The number of esters is 3. The molecule has 0 amide bonds. The molecule has 73 heavy (non-hydrogen) atoms. The Bertz CT molecular complexity index is 1310. The van der Waals surface area contributed by atoms with Gasteiger partial charge in [-0.05, 0) is 77.0 Å². The average Bonchev–Trinajstić information content (AvgIpc) is 3.39. The highest BCUT2D eigenvalue weighted by Gasteiger charge is 2.19. The topological polar surface area (TPSA) is 78.9 Å². The molecule has 1 unspecified atom stereocenters. The fraction of sp³-hybridized carbons (Fsp3) is 0.806. The van der Waals surface area contributed by atoms with E-state index in [9.17, 15) is 14.4 Å². The predicted octanol–water partition coefficient (Wildman–Crippen LogP) is 21.6. The molecule has 0 saturated carbocycles. The molecule has 0 spiro atoms. The van der Waals surface area contributed by atoms with Gasteiger partial charge in [0.2, 0.25) is 0 Å². The second-order valence-electron chi connectivity index (χ2n) is 21.3. The lowest BCUT2D eigenvalue weighted by molar-refractivity contribution is -0.167. The summed E-state index contributed by atoms with van der Waals surface area (Å²) in [4.78, 5) is 38.3. The van der Waals surface area contributed by atoms with Crippen molar-refractivity contribution in [1.82, 2.24) is 0 Å². The standard InChI is InChI=1S/C67H120O6/c1-4-7-10-13-16-19-22-25-28-30-31-32-33-34-35-36-38-39-42-45-48-51-54-57-60-66(69)72-63-64(62-71-65(68)59-56-53-50-47-44-41-27-24-21-18-15-12-9-6-3)73-67(70)61-58-55-52-49-46-43-40-37-29-26-23-20-17-14-11-8-5-2/h8,11,15,17-18,20,24,26-27,29,64H,4-7,9-10,12-14,16,19,21-23,25,28,30-63H2,1-3H3/b11-8-,18-15-,20-17-,27-24-,29-26-. The number of ether oxygens (including phenoxy) is 3. The molecule has 1 atom stereocenters.